The zero-order valence-corrected chi connectivity index (χ0v) is 11.1. The second kappa shape index (κ2) is 4.47. The van der Waals surface area contributed by atoms with Crippen molar-refractivity contribution in [2.24, 2.45) is 0 Å². The van der Waals surface area contributed by atoms with Gasteiger partial charge in [0.1, 0.15) is 0 Å². The van der Waals surface area contributed by atoms with Gasteiger partial charge in [0.25, 0.3) is 0 Å². The molecule has 2 aromatic heterocycles. The fourth-order valence-electron chi connectivity index (χ4n) is 1.76. The Bertz CT molecular complexity index is 601. The highest BCUT2D eigenvalue weighted by Crippen LogP contribution is 2.36. The van der Waals surface area contributed by atoms with Crippen LogP contribution in [0.1, 0.15) is 5.56 Å². The average molecular weight is 256 g/mol. The highest BCUT2D eigenvalue weighted by molar-refractivity contribution is 7.23. The average Bonchev–Trinajstić information content (AvgIpc) is 3.00. The van der Waals surface area contributed by atoms with Gasteiger partial charge in [-0.3, -0.25) is 0 Å². The SMILES string of the molecule is Cc1ccc(-c2ccc(-c3cccs3)s2)cc1. The molecule has 0 nitrogen and oxygen atoms in total. The smallest absolute Gasteiger partial charge is 0.0449 e. The standard InChI is InChI=1S/C15H12S2/c1-11-4-6-12(7-5-11)13-8-9-15(17-13)14-3-2-10-16-14/h2-10H,1H3. The van der Waals surface area contributed by atoms with Gasteiger partial charge in [-0.05, 0) is 36.1 Å². The topological polar surface area (TPSA) is 0 Å². The fraction of sp³-hybridized carbons (Fsp3) is 0.0667. The quantitative estimate of drug-likeness (QED) is 0.571. The van der Waals surface area contributed by atoms with E-state index in [0.717, 1.165) is 0 Å². The molecule has 1 aromatic carbocycles. The summed E-state index contributed by atoms with van der Waals surface area (Å²) in [7, 11) is 0. The lowest BCUT2D eigenvalue weighted by molar-refractivity contribution is 1.48. The van der Waals surface area contributed by atoms with Crippen LogP contribution in [0.5, 0.6) is 0 Å². The van der Waals surface area contributed by atoms with Crippen LogP contribution < -0.4 is 0 Å². The van der Waals surface area contributed by atoms with Gasteiger partial charge in [0.15, 0.2) is 0 Å². The number of thiophene rings is 2. The summed E-state index contributed by atoms with van der Waals surface area (Å²) in [5.41, 5.74) is 2.62. The Morgan fingerprint density at radius 1 is 0.765 bits per heavy atom. The molecule has 17 heavy (non-hydrogen) atoms. The molecular weight excluding hydrogens is 244 g/mol. The Morgan fingerprint density at radius 3 is 2.24 bits per heavy atom. The molecule has 0 atom stereocenters. The Balaban J connectivity index is 1.98. The van der Waals surface area contributed by atoms with E-state index in [2.05, 4.69) is 60.8 Å². The van der Waals surface area contributed by atoms with Crippen LogP contribution in [-0.4, -0.2) is 0 Å². The van der Waals surface area contributed by atoms with E-state index < -0.39 is 0 Å². The first-order valence-electron chi connectivity index (χ1n) is 5.54. The maximum absolute atomic E-state index is 2.21. The molecule has 3 aromatic rings. The molecular formula is C15H12S2. The predicted octanol–water partition coefficient (Wildman–Crippen LogP) is 5.45. The van der Waals surface area contributed by atoms with Crippen molar-refractivity contribution >= 4 is 22.7 Å². The van der Waals surface area contributed by atoms with Crippen LogP contribution in [0.3, 0.4) is 0 Å². The van der Waals surface area contributed by atoms with Gasteiger partial charge in [0.2, 0.25) is 0 Å². The summed E-state index contributed by atoms with van der Waals surface area (Å²) in [6, 6.07) is 17.4. The van der Waals surface area contributed by atoms with Crippen LogP contribution in [0, 0.1) is 6.92 Å². The van der Waals surface area contributed by atoms with E-state index in [1.807, 2.05) is 11.3 Å². The van der Waals surface area contributed by atoms with Gasteiger partial charge in [-0.2, -0.15) is 0 Å². The molecule has 2 heterocycles. The lowest BCUT2D eigenvalue weighted by atomic mass is 10.1. The first-order valence-corrected chi connectivity index (χ1v) is 7.23. The van der Waals surface area contributed by atoms with Crippen LogP contribution in [0.15, 0.2) is 53.9 Å². The third-order valence-corrected chi connectivity index (χ3v) is 4.91. The molecule has 0 saturated carbocycles. The minimum atomic E-state index is 1.31. The largest absolute Gasteiger partial charge is 0.143 e. The molecule has 0 fully saturated rings. The van der Waals surface area contributed by atoms with E-state index in [1.165, 1.54) is 25.8 Å². The Kier molecular flexibility index (Phi) is 2.83. The second-order valence-corrected chi connectivity index (χ2v) is 6.04. The maximum atomic E-state index is 2.21. The van der Waals surface area contributed by atoms with Crippen LogP contribution >= 0.6 is 22.7 Å². The predicted molar refractivity (Wildman–Crippen MR) is 77.8 cm³/mol. The minimum Gasteiger partial charge on any atom is -0.143 e. The lowest BCUT2D eigenvalue weighted by Crippen LogP contribution is -1.72. The summed E-state index contributed by atoms with van der Waals surface area (Å²) in [5.74, 6) is 0. The van der Waals surface area contributed by atoms with Crippen molar-refractivity contribution in [2.75, 3.05) is 0 Å². The van der Waals surface area contributed by atoms with Crippen molar-refractivity contribution in [1.29, 1.82) is 0 Å². The third kappa shape index (κ3) is 2.19. The number of rotatable bonds is 2. The number of aryl methyl sites for hydroxylation is 1. The first-order chi connectivity index (χ1) is 8.33. The van der Waals surface area contributed by atoms with Gasteiger partial charge in [-0.15, -0.1) is 22.7 Å². The van der Waals surface area contributed by atoms with Gasteiger partial charge >= 0.3 is 0 Å². The summed E-state index contributed by atoms with van der Waals surface area (Å²) >= 11 is 3.66. The van der Waals surface area contributed by atoms with Crippen LogP contribution in [0.25, 0.3) is 20.2 Å². The molecule has 2 heteroatoms. The number of hydrogen-bond acceptors (Lipinski definition) is 2. The molecule has 0 N–H and O–H groups in total. The minimum absolute atomic E-state index is 1.31. The van der Waals surface area contributed by atoms with E-state index in [4.69, 9.17) is 0 Å². The first kappa shape index (κ1) is 10.8. The maximum Gasteiger partial charge on any atom is 0.0449 e. The molecule has 0 spiro atoms. The molecule has 3 rings (SSSR count). The highest BCUT2D eigenvalue weighted by atomic mass is 32.1. The van der Waals surface area contributed by atoms with E-state index in [1.54, 1.807) is 11.3 Å². The lowest BCUT2D eigenvalue weighted by Gasteiger charge is -1.97. The summed E-state index contributed by atoms with van der Waals surface area (Å²) in [5, 5.41) is 2.13. The summed E-state index contributed by atoms with van der Waals surface area (Å²) in [4.78, 5) is 4.05. The van der Waals surface area contributed by atoms with Crippen LogP contribution in [-0.2, 0) is 0 Å². The fourth-order valence-corrected chi connectivity index (χ4v) is 3.61. The molecule has 0 aliphatic carbocycles. The molecule has 0 saturated heterocycles. The summed E-state index contributed by atoms with van der Waals surface area (Å²) in [6.45, 7) is 2.12. The molecule has 84 valence electrons. The van der Waals surface area contributed by atoms with Crippen molar-refractivity contribution in [1.82, 2.24) is 0 Å². The van der Waals surface area contributed by atoms with Gasteiger partial charge in [0.05, 0.1) is 0 Å². The van der Waals surface area contributed by atoms with E-state index >= 15 is 0 Å². The van der Waals surface area contributed by atoms with Gasteiger partial charge in [-0.25, -0.2) is 0 Å². The monoisotopic (exact) mass is 256 g/mol. The van der Waals surface area contributed by atoms with E-state index in [-0.39, 0.29) is 0 Å². The Labute approximate surface area is 109 Å². The molecule has 0 bridgehead atoms. The van der Waals surface area contributed by atoms with Crippen LogP contribution in [0.4, 0.5) is 0 Å². The number of benzene rings is 1. The molecule has 0 aliphatic rings. The summed E-state index contributed by atoms with van der Waals surface area (Å²) in [6.07, 6.45) is 0. The zero-order valence-electron chi connectivity index (χ0n) is 9.51. The van der Waals surface area contributed by atoms with Crippen molar-refractivity contribution in [3.63, 3.8) is 0 Å². The molecule has 0 amide bonds. The van der Waals surface area contributed by atoms with E-state index in [9.17, 15) is 0 Å². The van der Waals surface area contributed by atoms with Crippen LogP contribution in [0.2, 0.25) is 0 Å². The second-order valence-electron chi connectivity index (χ2n) is 4.01. The molecule has 0 unspecified atom stereocenters. The van der Waals surface area contributed by atoms with Crippen molar-refractivity contribution in [3.8, 4) is 20.2 Å². The number of hydrogen-bond donors (Lipinski definition) is 0. The van der Waals surface area contributed by atoms with Crippen molar-refractivity contribution in [2.45, 2.75) is 6.92 Å². The van der Waals surface area contributed by atoms with Gasteiger partial charge < -0.3 is 0 Å². The summed E-state index contributed by atoms with van der Waals surface area (Å²) < 4.78 is 0. The normalized spacial score (nSPS) is 10.6. The van der Waals surface area contributed by atoms with Crippen molar-refractivity contribution < 1.29 is 0 Å². The van der Waals surface area contributed by atoms with Gasteiger partial charge in [-0.1, -0.05) is 35.9 Å². The zero-order chi connectivity index (χ0) is 11.7. The van der Waals surface area contributed by atoms with Crippen molar-refractivity contribution in [3.05, 3.63) is 59.5 Å². The third-order valence-electron chi connectivity index (χ3n) is 2.71. The molecule has 0 radical (unpaired) electrons. The van der Waals surface area contributed by atoms with E-state index in [0.29, 0.717) is 0 Å². The Morgan fingerprint density at radius 2 is 1.53 bits per heavy atom. The Hall–Kier alpha value is -1.38. The van der Waals surface area contributed by atoms with Gasteiger partial charge in [0, 0.05) is 14.6 Å². The molecule has 0 aliphatic heterocycles. The highest BCUT2D eigenvalue weighted by Gasteiger charge is 2.05.